The van der Waals surface area contributed by atoms with Gasteiger partial charge < -0.3 is 10.6 Å². The van der Waals surface area contributed by atoms with Crippen molar-refractivity contribution in [3.8, 4) is 0 Å². The van der Waals surface area contributed by atoms with Crippen molar-refractivity contribution in [2.45, 2.75) is 76.7 Å². The van der Waals surface area contributed by atoms with Crippen LogP contribution in [-0.2, 0) is 4.79 Å². The van der Waals surface area contributed by atoms with Gasteiger partial charge in [0.2, 0.25) is 5.91 Å². The summed E-state index contributed by atoms with van der Waals surface area (Å²) in [6.45, 7) is 2.04. The minimum Gasteiger partial charge on any atom is -0.343 e. The van der Waals surface area contributed by atoms with Crippen LogP contribution in [0.5, 0.6) is 0 Å². The highest BCUT2D eigenvalue weighted by Crippen LogP contribution is 2.46. The summed E-state index contributed by atoms with van der Waals surface area (Å²) >= 11 is 0. The van der Waals surface area contributed by atoms with Crippen molar-refractivity contribution in [2.75, 3.05) is 13.1 Å². The average Bonchev–Trinajstić information content (AvgIpc) is 2.90. The number of carbonyl (C=O) groups is 1. The molecule has 1 amide bonds. The van der Waals surface area contributed by atoms with Gasteiger partial charge in [0, 0.05) is 25.6 Å². The highest BCUT2D eigenvalue weighted by Gasteiger charge is 2.38. The first-order valence-corrected chi connectivity index (χ1v) is 8.70. The SMILES string of the molecule is NC1CCC(CC(=O)N2CCC3(CCCC3)CC2)CC1. The highest BCUT2D eigenvalue weighted by molar-refractivity contribution is 5.76. The monoisotopic (exact) mass is 278 g/mol. The van der Waals surface area contributed by atoms with Gasteiger partial charge in [-0.15, -0.1) is 0 Å². The minimum absolute atomic E-state index is 0.388. The fourth-order valence-corrected chi connectivity index (χ4v) is 4.62. The van der Waals surface area contributed by atoms with Crippen molar-refractivity contribution >= 4 is 5.91 Å². The number of amides is 1. The Bertz CT molecular complexity index is 331. The molecular weight excluding hydrogens is 248 g/mol. The molecule has 1 heterocycles. The first kappa shape index (κ1) is 14.4. The van der Waals surface area contributed by atoms with Gasteiger partial charge in [0.1, 0.15) is 0 Å². The maximum atomic E-state index is 12.4. The van der Waals surface area contributed by atoms with Crippen LogP contribution in [0.25, 0.3) is 0 Å². The number of hydrogen-bond acceptors (Lipinski definition) is 2. The third-order valence-electron chi connectivity index (χ3n) is 6.20. The van der Waals surface area contributed by atoms with E-state index in [0.29, 0.717) is 23.3 Å². The molecule has 3 aliphatic rings. The molecule has 0 radical (unpaired) electrons. The van der Waals surface area contributed by atoms with Crippen molar-refractivity contribution in [2.24, 2.45) is 17.1 Å². The molecule has 1 aliphatic heterocycles. The Morgan fingerprint density at radius 1 is 1.00 bits per heavy atom. The lowest BCUT2D eigenvalue weighted by atomic mass is 9.77. The van der Waals surface area contributed by atoms with Gasteiger partial charge in [-0.25, -0.2) is 0 Å². The van der Waals surface area contributed by atoms with Gasteiger partial charge in [0.15, 0.2) is 0 Å². The van der Waals surface area contributed by atoms with Crippen LogP contribution in [-0.4, -0.2) is 29.9 Å². The molecule has 0 unspecified atom stereocenters. The smallest absolute Gasteiger partial charge is 0.222 e. The van der Waals surface area contributed by atoms with Crippen molar-refractivity contribution in [3.63, 3.8) is 0 Å². The Balaban J connectivity index is 1.44. The van der Waals surface area contributed by atoms with Crippen LogP contribution >= 0.6 is 0 Å². The lowest BCUT2D eigenvalue weighted by Gasteiger charge is -2.40. The Kier molecular flexibility index (Phi) is 4.34. The van der Waals surface area contributed by atoms with Crippen LogP contribution in [0.15, 0.2) is 0 Å². The topological polar surface area (TPSA) is 46.3 Å². The second-order valence-corrected chi connectivity index (χ2v) is 7.57. The highest BCUT2D eigenvalue weighted by atomic mass is 16.2. The summed E-state index contributed by atoms with van der Waals surface area (Å²) in [5.41, 5.74) is 6.56. The predicted molar refractivity (Wildman–Crippen MR) is 81.3 cm³/mol. The molecule has 3 heteroatoms. The van der Waals surface area contributed by atoms with Crippen LogP contribution < -0.4 is 5.73 Å². The fourth-order valence-electron chi connectivity index (χ4n) is 4.62. The van der Waals surface area contributed by atoms with Crippen molar-refractivity contribution in [3.05, 3.63) is 0 Å². The van der Waals surface area contributed by atoms with Crippen LogP contribution in [0.3, 0.4) is 0 Å². The van der Waals surface area contributed by atoms with Crippen LogP contribution in [0.2, 0.25) is 0 Å². The molecule has 1 spiro atoms. The zero-order valence-electron chi connectivity index (χ0n) is 12.8. The summed E-state index contributed by atoms with van der Waals surface area (Å²) in [5.74, 6) is 1.02. The molecule has 1 saturated heterocycles. The molecule has 2 aliphatic carbocycles. The van der Waals surface area contributed by atoms with Gasteiger partial charge in [0.05, 0.1) is 0 Å². The zero-order valence-corrected chi connectivity index (χ0v) is 12.8. The number of piperidine rings is 1. The first-order valence-electron chi connectivity index (χ1n) is 8.70. The summed E-state index contributed by atoms with van der Waals surface area (Å²) in [6.07, 6.45) is 13.5. The molecule has 3 fully saturated rings. The molecule has 114 valence electrons. The summed E-state index contributed by atoms with van der Waals surface area (Å²) in [4.78, 5) is 14.6. The van der Waals surface area contributed by atoms with Gasteiger partial charge in [-0.3, -0.25) is 4.79 Å². The molecule has 0 aromatic heterocycles. The summed E-state index contributed by atoms with van der Waals surface area (Å²) in [5, 5.41) is 0. The predicted octanol–water partition coefficient (Wildman–Crippen LogP) is 3.08. The standard InChI is InChI=1S/C17H30N2O/c18-15-5-3-14(4-6-15)13-16(20)19-11-9-17(10-12-19)7-1-2-8-17/h14-15H,1-13,18H2. The van der Waals surface area contributed by atoms with Crippen LogP contribution in [0.1, 0.15) is 70.6 Å². The van der Waals surface area contributed by atoms with E-state index in [4.69, 9.17) is 5.73 Å². The third-order valence-corrected chi connectivity index (χ3v) is 6.20. The molecule has 3 nitrogen and oxygen atoms in total. The average molecular weight is 278 g/mol. The molecule has 0 bridgehead atoms. The maximum Gasteiger partial charge on any atom is 0.222 e. The van der Waals surface area contributed by atoms with E-state index in [1.165, 1.54) is 38.5 Å². The third kappa shape index (κ3) is 3.19. The molecular formula is C17H30N2O. The van der Waals surface area contributed by atoms with Gasteiger partial charge in [-0.2, -0.15) is 0 Å². The second-order valence-electron chi connectivity index (χ2n) is 7.57. The van der Waals surface area contributed by atoms with Crippen LogP contribution in [0.4, 0.5) is 0 Å². The van der Waals surface area contributed by atoms with Crippen LogP contribution in [0, 0.1) is 11.3 Å². The van der Waals surface area contributed by atoms with Crippen molar-refractivity contribution in [1.29, 1.82) is 0 Å². The normalized spacial score (nSPS) is 33.5. The number of nitrogens with two attached hydrogens (primary N) is 1. The lowest BCUT2D eigenvalue weighted by molar-refractivity contribution is -0.134. The van der Waals surface area contributed by atoms with E-state index >= 15 is 0 Å². The molecule has 3 rings (SSSR count). The van der Waals surface area contributed by atoms with Gasteiger partial charge >= 0.3 is 0 Å². The second kappa shape index (κ2) is 6.05. The first-order chi connectivity index (χ1) is 9.67. The van der Waals surface area contributed by atoms with Gasteiger partial charge in [-0.05, 0) is 62.7 Å². The quantitative estimate of drug-likeness (QED) is 0.843. The van der Waals surface area contributed by atoms with E-state index in [9.17, 15) is 4.79 Å². The maximum absolute atomic E-state index is 12.4. The Hall–Kier alpha value is -0.570. The lowest BCUT2D eigenvalue weighted by Crippen LogP contribution is -2.43. The summed E-state index contributed by atoms with van der Waals surface area (Å²) in [7, 11) is 0. The van der Waals surface area contributed by atoms with Crippen molar-refractivity contribution < 1.29 is 4.79 Å². The van der Waals surface area contributed by atoms with Gasteiger partial charge in [0.25, 0.3) is 0 Å². The van der Waals surface area contributed by atoms with Gasteiger partial charge in [-0.1, -0.05) is 12.8 Å². The van der Waals surface area contributed by atoms with Crippen molar-refractivity contribution in [1.82, 2.24) is 4.90 Å². The van der Waals surface area contributed by atoms with E-state index in [-0.39, 0.29) is 0 Å². The Labute approximate surface area is 123 Å². The molecule has 0 aromatic carbocycles. The number of hydrogen-bond donors (Lipinski definition) is 1. The summed E-state index contributed by atoms with van der Waals surface area (Å²) in [6, 6.07) is 0.388. The molecule has 0 atom stereocenters. The largest absolute Gasteiger partial charge is 0.343 e. The van der Waals surface area contributed by atoms with E-state index in [0.717, 1.165) is 45.2 Å². The molecule has 2 saturated carbocycles. The number of nitrogens with zero attached hydrogens (tertiary/aromatic N) is 1. The Morgan fingerprint density at radius 3 is 2.20 bits per heavy atom. The number of likely N-dealkylation sites (tertiary alicyclic amines) is 1. The number of carbonyl (C=O) groups excluding carboxylic acids is 1. The molecule has 0 aromatic rings. The minimum atomic E-state index is 0.388. The van der Waals surface area contributed by atoms with E-state index in [1.54, 1.807) is 0 Å². The Morgan fingerprint density at radius 2 is 1.60 bits per heavy atom. The van der Waals surface area contributed by atoms with E-state index < -0.39 is 0 Å². The zero-order chi connectivity index (χ0) is 14.0. The fraction of sp³-hybridized carbons (Fsp3) is 0.941. The molecule has 20 heavy (non-hydrogen) atoms. The van der Waals surface area contributed by atoms with E-state index in [1.807, 2.05) is 0 Å². The number of rotatable bonds is 2. The summed E-state index contributed by atoms with van der Waals surface area (Å²) < 4.78 is 0. The van der Waals surface area contributed by atoms with E-state index in [2.05, 4.69) is 4.90 Å². The molecule has 2 N–H and O–H groups in total.